The molecule has 0 radical (unpaired) electrons. The van der Waals surface area contributed by atoms with Crippen LogP contribution in [0.15, 0.2) is 22.8 Å². The molecule has 2 bridgehead atoms. The van der Waals surface area contributed by atoms with Crippen LogP contribution in [0.5, 0.6) is 0 Å². The molecule has 0 aromatic carbocycles. The number of hydrogen-bond donors (Lipinski definition) is 0. The summed E-state index contributed by atoms with van der Waals surface area (Å²) in [6.07, 6.45) is 6.09. The Kier molecular flexibility index (Phi) is 2.69. The minimum Gasteiger partial charge on any atom is -0.193 e. The summed E-state index contributed by atoms with van der Waals surface area (Å²) in [6, 6.07) is 2.33. The van der Waals surface area contributed by atoms with Crippen LogP contribution >= 0.6 is 0 Å². The van der Waals surface area contributed by atoms with Gasteiger partial charge >= 0.3 is 0 Å². The molecule has 0 amide bonds. The fraction of sp³-hybridized carbons (Fsp3) is 0.643. The van der Waals surface area contributed by atoms with Gasteiger partial charge < -0.3 is 0 Å². The van der Waals surface area contributed by atoms with Crippen molar-refractivity contribution < 1.29 is 0 Å². The van der Waals surface area contributed by atoms with E-state index in [9.17, 15) is 0 Å². The molecule has 0 N–H and O–H groups in total. The molecule has 0 aromatic rings. The van der Waals surface area contributed by atoms with Crippen molar-refractivity contribution in [3.8, 4) is 6.07 Å². The Morgan fingerprint density at radius 2 is 2.27 bits per heavy atom. The second kappa shape index (κ2) is 3.85. The van der Waals surface area contributed by atoms with E-state index in [1.165, 1.54) is 18.4 Å². The molecule has 3 atom stereocenters. The summed E-state index contributed by atoms with van der Waals surface area (Å²) in [4.78, 5) is 0. The lowest BCUT2D eigenvalue weighted by Gasteiger charge is -2.40. The zero-order chi connectivity index (χ0) is 11.0. The third kappa shape index (κ3) is 1.74. The minimum atomic E-state index is 0.616. The zero-order valence-electron chi connectivity index (χ0n) is 9.88. The molecule has 1 nitrogen and oxygen atoms in total. The Hall–Kier alpha value is -1.03. The molecule has 1 saturated carbocycles. The highest BCUT2D eigenvalue weighted by atomic mass is 14.4. The van der Waals surface area contributed by atoms with Crippen molar-refractivity contribution in [3.63, 3.8) is 0 Å². The van der Waals surface area contributed by atoms with E-state index in [1.807, 2.05) is 6.92 Å². The van der Waals surface area contributed by atoms with E-state index < -0.39 is 0 Å². The van der Waals surface area contributed by atoms with Crippen LogP contribution in [0.2, 0.25) is 0 Å². The van der Waals surface area contributed by atoms with Gasteiger partial charge in [0.15, 0.2) is 0 Å². The average Bonchev–Trinajstić information content (AvgIpc) is 2.26. The summed E-state index contributed by atoms with van der Waals surface area (Å²) in [5.74, 6) is 2.12. The Bertz CT molecular complexity index is 367. The standard InChI is InChI=1S/C14H19N/c1-9-4-5-12-6-13(9)7-14(11(12)3)10(2)8-15/h4,11-13H,5-7H2,1-3H3. The Balaban J connectivity index is 2.34. The molecule has 2 aliphatic carbocycles. The largest absolute Gasteiger partial charge is 0.193 e. The third-order valence-corrected chi connectivity index (χ3v) is 4.35. The molecule has 15 heavy (non-hydrogen) atoms. The summed E-state index contributed by atoms with van der Waals surface area (Å²) in [5, 5.41) is 9.01. The van der Waals surface area contributed by atoms with Crippen molar-refractivity contribution in [2.45, 2.75) is 40.0 Å². The summed E-state index contributed by atoms with van der Waals surface area (Å²) in [7, 11) is 0. The number of allylic oxidation sites excluding steroid dienone is 4. The number of nitrogens with zero attached hydrogens (tertiary/aromatic N) is 1. The summed E-state index contributed by atoms with van der Waals surface area (Å²) in [6.45, 7) is 6.52. The summed E-state index contributed by atoms with van der Waals surface area (Å²) < 4.78 is 0. The first kappa shape index (κ1) is 10.5. The monoisotopic (exact) mass is 201 g/mol. The van der Waals surface area contributed by atoms with Crippen LogP contribution in [-0.2, 0) is 0 Å². The van der Waals surface area contributed by atoms with Crippen LogP contribution in [0.1, 0.15) is 40.0 Å². The number of nitriles is 1. The molecule has 2 aliphatic rings. The Labute approximate surface area is 92.5 Å². The molecule has 2 rings (SSSR count). The Morgan fingerprint density at radius 1 is 1.53 bits per heavy atom. The van der Waals surface area contributed by atoms with E-state index in [2.05, 4.69) is 26.0 Å². The van der Waals surface area contributed by atoms with Crippen LogP contribution in [-0.4, -0.2) is 0 Å². The van der Waals surface area contributed by atoms with Gasteiger partial charge in [0, 0.05) is 5.57 Å². The SMILES string of the molecule is CC1=CCC2CC1CC(=C(C)C#N)C2C. The maximum absolute atomic E-state index is 9.01. The first-order valence-electron chi connectivity index (χ1n) is 5.90. The van der Waals surface area contributed by atoms with E-state index in [-0.39, 0.29) is 0 Å². The topological polar surface area (TPSA) is 23.8 Å². The van der Waals surface area contributed by atoms with Crippen LogP contribution in [0, 0.1) is 29.1 Å². The molecule has 0 aromatic heterocycles. The molecule has 0 saturated heterocycles. The third-order valence-electron chi connectivity index (χ3n) is 4.35. The zero-order valence-corrected chi connectivity index (χ0v) is 9.88. The van der Waals surface area contributed by atoms with Crippen LogP contribution in [0.25, 0.3) is 0 Å². The lowest BCUT2D eigenvalue weighted by atomic mass is 9.65. The van der Waals surface area contributed by atoms with Gasteiger partial charge in [-0.3, -0.25) is 0 Å². The first-order valence-corrected chi connectivity index (χ1v) is 5.90. The van der Waals surface area contributed by atoms with Crippen molar-refractivity contribution >= 4 is 0 Å². The molecule has 0 spiro atoms. The predicted octanol–water partition coefficient (Wildman–Crippen LogP) is 3.84. The van der Waals surface area contributed by atoms with Crippen molar-refractivity contribution in [1.82, 2.24) is 0 Å². The second-order valence-electron chi connectivity index (χ2n) is 5.13. The maximum Gasteiger partial charge on any atom is 0.0943 e. The Morgan fingerprint density at radius 3 is 2.93 bits per heavy atom. The first-order chi connectivity index (χ1) is 7.13. The highest BCUT2D eigenvalue weighted by molar-refractivity contribution is 5.32. The van der Waals surface area contributed by atoms with Gasteiger partial charge in [-0.15, -0.1) is 0 Å². The van der Waals surface area contributed by atoms with Gasteiger partial charge in [-0.05, 0) is 50.9 Å². The van der Waals surface area contributed by atoms with Gasteiger partial charge in [0.25, 0.3) is 0 Å². The normalized spacial score (nSPS) is 38.0. The molecular weight excluding hydrogens is 182 g/mol. The summed E-state index contributed by atoms with van der Waals surface area (Å²) >= 11 is 0. The van der Waals surface area contributed by atoms with Gasteiger partial charge in [-0.2, -0.15) is 5.26 Å². The van der Waals surface area contributed by atoms with Gasteiger partial charge in [0.05, 0.1) is 6.07 Å². The van der Waals surface area contributed by atoms with Gasteiger partial charge in [-0.25, -0.2) is 0 Å². The van der Waals surface area contributed by atoms with Gasteiger partial charge in [-0.1, -0.05) is 24.1 Å². The molecular formula is C14H19N. The smallest absolute Gasteiger partial charge is 0.0943 e. The van der Waals surface area contributed by atoms with Gasteiger partial charge in [0.2, 0.25) is 0 Å². The lowest BCUT2D eigenvalue weighted by molar-refractivity contribution is 0.259. The fourth-order valence-corrected chi connectivity index (χ4v) is 3.11. The molecule has 0 heterocycles. The molecule has 3 unspecified atom stereocenters. The summed E-state index contributed by atoms with van der Waals surface area (Å²) in [5.41, 5.74) is 3.93. The van der Waals surface area contributed by atoms with E-state index in [4.69, 9.17) is 5.26 Å². The predicted molar refractivity (Wildman–Crippen MR) is 62.1 cm³/mol. The quantitative estimate of drug-likeness (QED) is 0.431. The van der Waals surface area contributed by atoms with E-state index in [0.717, 1.165) is 23.8 Å². The van der Waals surface area contributed by atoms with E-state index >= 15 is 0 Å². The number of hydrogen-bond acceptors (Lipinski definition) is 1. The van der Waals surface area contributed by atoms with Crippen molar-refractivity contribution in [1.29, 1.82) is 5.26 Å². The van der Waals surface area contributed by atoms with E-state index in [0.29, 0.717) is 5.92 Å². The van der Waals surface area contributed by atoms with Crippen LogP contribution in [0.4, 0.5) is 0 Å². The van der Waals surface area contributed by atoms with Crippen LogP contribution < -0.4 is 0 Å². The highest BCUT2D eigenvalue weighted by Crippen LogP contribution is 2.46. The molecule has 1 heteroatoms. The van der Waals surface area contributed by atoms with E-state index in [1.54, 1.807) is 5.57 Å². The minimum absolute atomic E-state index is 0.616. The maximum atomic E-state index is 9.01. The van der Waals surface area contributed by atoms with Crippen LogP contribution in [0.3, 0.4) is 0 Å². The highest BCUT2D eigenvalue weighted by Gasteiger charge is 2.34. The van der Waals surface area contributed by atoms with Crippen molar-refractivity contribution in [2.75, 3.05) is 0 Å². The molecule has 1 fully saturated rings. The molecule has 80 valence electrons. The van der Waals surface area contributed by atoms with Crippen molar-refractivity contribution in [2.24, 2.45) is 17.8 Å². The van der Waals surface area contributed by atoms with Crippen molar-refractivity contribution in [3.05, 3.63) is 22.8 Å². The molecule has 0 aliphatic heterocycles. The average molecular weight is 201 g/mol. The second-order valence-corrected chi connectivity index (χ2v) is 5.13. The van der Waals surface area contributed by atoms with Gasteiger partial charge in [0.1, 0.15) is 0 Å². The fourth-order valence-electron chi connectivity index (χ4n) is 3.11. The number of fused-ring (bicyclic) bond motifs is 2. The number of rotatable bonds is 0. The lowest BCUT2D eigenvalue weighted by Crippen LogP contribution is -2.29.